The number of halogens is 2. The van der Waals surface area contributed by atoms with E-state index in [9.17, 15) is 9.18 Å². The van der Waals surface area contributed by atoms with Gasteiger partial charge in [-0.2, -0.15) is 0 Å². The lowest BCUT2D eigenvalue weighted by Crippen LogP contribution is -2.13. The van der Waals surface area contributed by atoms with Crippen LogP contribution in [0.15, 0.2) is 30.5 Å². The first-order chi connectivity index (χ1) is 9.58. The molecule has 0 radical (unpaired) electrons. The summed E-state index contributed by atoms with van der Waals surface area (Å²) in [6, 6.07) is 5.95. The number of hydrogen-bond acceptors (Lipinski definition) is 3. The number of fused-ring (bicyclic) bond motifs is 1. The summed E-state index contributed by atoms with van der Waals surface area (Å²) < 4.78 is 13.9. The SMILES string of the molecule is NC(=O)c1nccc2[nH]c(-c3c(F)cccc3Cl)nc12. The van der Waals surface area contributed by atoms with E-state index in [1.54, 1.807) is 12.1 Å². The Hall–Kier alpha value is -2.47. The van der Waals surface area contributed by atoms with Gasteiger partial charge in [0.1, 0.15) is 17.2 Å². The molecule has 0 aliphatic rings. The number of imidazole rings is 1. The van der Waals surface area contributed by atoms with Crippen molar-refractivity contribution in [3.63, 3.8) is 0 Å². The van der Waals surface area contributed by atoms with Crippen LogP contribution in [0.5, 0.6) is 0 Å². The summed E-state index contributed by atoms with van der Waals surface area (Å²) in [6.07, 6.45) is 1.42. The summed E-state index contributed by atoms with van der Waals surface area (Å²) in [5.41, 5.74) is 6.21. The van der Waals surface area contributed by atoms with Gasteiger partial charge in [0, 0.05) is 6.20 Å². The number of carbonyl (C=O) groups excluding carboxylic acids is 1. The molecule has 1 amide bonds. The van der Waals surface area contributed by atoms with E-state index in [-0.39, 0.29) is 27.6 Å². The minimum absolute atomic E-state index is 0.0254. The van der Waals surface area contributed by atoms with Crippen LogP contribution in [0.25, 0.3) is 22.4 Å². The summed E-state index contributed by atoms with van der Waals surface area (Å²) in [4.78, 5) is 22.3. The van der Waals surface area contributed by atoms with Crippen LogP contribution in [0.2, 0.25) is 5.02 Å². The number of nitrogens with zero attached hydrogens (tertiary/aromatic N) is 2. The Balaban J connectivity index is 2.29. The van der Waals surface area contributed by atoms with Crippen LogP contribution in [-0.4, -0.2) is 20.9 Å². The predicted octanol–water partition coefficient (Wildman–Crippen LogP) is 2.52. The Morgan fingerprint density at radius 3 is 2.85 bits per heavy atom. The normalized spacial score (nSPS) is 10.9. The Bertz CT molecular complexity index is 810. The molecule has 0 spiro atoms. The molecule has 0 saturated heterocycles. The molecule has 2 aromatic heterocycles. The number of primary amides is 1. The molecule has 3 N–H and O–H groups in total. The van der Waals surface area contributed by atoms with Crippen molar-refractivity contribution in [2.24, 2.45) is 5.73 Å². The molecule has 7 heteroatoms. The second kappa shape index (κ2) is 4.57. The zero-order valence-electron chi connectivity index (χ0n) is 10.0. The highest BCUT2D eigenvalue weighted by Crippen LogP contribution is 2.30. The lowest BCUT2D eigenvalue weighted by molar-refractivity contribution is 0.0997. The maximum Gasteiger partial charge on any atom is 0.269 e. The number of amides is 1. The number of aromatic amines is 1. The predicted molar refractivity (Wildman–Crippen MR) is 72.8 cm³/mol. The van der Waals surface area contributed by atoms with Crippen molar-refractivity contribution in [2.45, 2.75) is 0 Å². The minimum Gasteiger partial charge on any atom is -0.364 e. The van der Waals surface area contributed by atoms with E-state index in [0.717, 1.165) is 0 Å². The number of nitrogens with two attached hydrogens (primary N) is 1. The number of rotatable bonds is 2. The maximum absolute atomic E-state index is 13.9. The molecule has 0 unspecified atom stereocenters. The topological polar surface area (TPSA) is 84.7 Å². The van der Waals surface area contributed by atoms with Crippen LogP contribution in [0.4, 0.5) is 4.39 Å². The van der Waals surface area contributed by atoms with Gasteiger partial charge in [-0.3, -0.25) is 4.79 Å². The molecule has 5 nitrogen and oxygen atoms in total. The fraction of sp³-hybridized carbons (Fsp3) is 0. The number of carbonyl (C=O) groups is 1. The van der Waals surface area contributed by atoms with Crippen LogP contribution >= 0.6 is 11.6 Å². The van der Waals surface area contributed by atoms with Crippen molar-refractivity contribution in [2.75, 3.05) is 0 Å². The van der Waals surface area contributed by atoms with E-state index in [4.69, 9.17) is 17.3 Å². The maximum atomic E-state index is 13.9. The third-order valence-electron chi connectivity index (χ3n) is 2.83. The van der Waals surface area contributed by atoms with Gasteiger partial charge < -0.3 is 10.7 Å². The van der Waals surface area contributed by atoms with E-state index in [2.05, 4.69) is 15.0 Å². The second-order valence-electron chi connectivity index (χ2n) is 4.10. The van der Waals surface area contributed by atoms with E-state index >= 15 is 0 Å². The monoisotopic (exact) mass is 290 g/mol. The molecular weight excluding hydrogens is 283 g/mol. The first-order valence-electron chi connectivity index (χ1n) is 5.67. The fourth-order valence-electron chi connectivity index (χ4n) is 1.96. The van der Waals surface area contributed by atoms with Crippen molar-refractivity contribution >= 4 is 28.5 Å². The van der Waals surface area contributed by atoms with Gasteiger partial charge in [-0.25, -0.2) is 14.4 Å². The van der Waals surface area contributed by atoms with Gasteiger partial charge in [0.2, 0.25) is 0 Å². The van der Waals surface area contributed by atoms with Crippen LogP contribution in [0, 0.1) is 5.82 Å². The first-order valence-corrected chi connectivity index (χ1v) is 6.04. The van der Waals surface area contributed by atoms with Crippen molar-refractivity contribution < 1.29 is 9.18 Å². The van der Waals surface area contributed by atoms with E-state index in [1.807, 2.05) is 0 Å². The van der Waals surface area contributed by atoms with Gasteiger partial charge in [0.15, 0.2) is 5.69 Å². The molecule has 20 heavy (non-hydrogen) atoms. The number of hydrogen-bond donors (Lipinski definition) is 2. The Morgan fingerprint density at radius 2 is 2.15 bits per heavy atom. The average Bonchev–Trinajstić information content (AvgIpc) is 2.81. The second-order valence-corrected chi connectivity index (χ2v) is 4.51. The van der Waals surface area contributed by atoms with Crippen molar-refractivity contribution in [1.82, 2.24) is 15.0 Å². The summed E-state index contributed by atoms with van der Waals surface area (Å²) in [5, 5.41) is 0.220. The zero-order chi connectivity index (χ0) is 14.3. The molecule has 0 saturated carbocycles. The number of pyridine rings is 1. The number of benzene rings is 1. The molecule has 2 heterocycles. The highest BCUT2D eigenvalue weighted by molar-refractivity contribution is 6.33. The Kier molecular flexibility index (Phi) is 2.87. The van der Waals surface area contributed by atoms with Gasteiger partial charge in [0.25, 0.3) is 5.91 Å². The molecule has 1 aromatic carbocycles. The fourth-order valence-corrected chi connectivity index (χ4v) is 2.21. The number of nitrogens with one attached hydrogen (secondary N) is 1. The zero-order valence-corrected chi connectivity index (χ0v) is 10.8. The summed E-state index contributed by atoms with van der Waals surface area (Å²) in [5.74, 6) is -0.989. The third-order valence-corrected chi connectivity index (χ3v) is 3.15. The van der Waals surface area contributed by atoms with Gasteiger partial charge >= 0.3 is 0 Å². The minimum atomic E-state index is -0.701. The molecule has 0 aliphatic heterocycles. The standard InChI is InChI=1S/C13H8ClFN4O/c14-6-2-1-3-7(15)9(6)13-18-8-4-5-17-11(12(16)20)10(8)19-13/h1-5H,(H2,16,20)(H,18,19). The molecular formula is C13H8ClFN4O. The van der Waals surface area contributed by atoms with Gasteiger partial charge in [0.05, 0.1) is 16.1 Å². The van der Waals surface area contributed by atoms with Crippen molar-refractivity contribution in [3.05, 3.63) is 47.0 Å². The molecule has 0 aliphatic carbocycles. The summed E-state index contributed by atoms with van der Waals surface area (Å²) in [7, 11) is 0. The quantitative estimate of drug-likeness (QED) is 0.760. The van der Waals surface area contributed by atoms with E-state index in [0.29, 0.717) is 5.52 Å². The largest absolute Gasteiger partial charge is 0.364 e. The lowest BCUT2D eigenvalue weighted by atomic mass is 10.2. The smallest absolute Gasteiger partial charge is 0.269 e. The van der Waals surface area contributed by atoms with E-state index < -0.39 is 11.7 Å². The van der Waals surface area contributed by atoms with E-state index in [1.165, 1.54) is 18.3 Å². The molecule has 100 valence electrons. The van der Waals surface area contributed by atoms with Gasteiger partial charge in [-0.15, -0.1) is 0 Å². The Morgan fingerprint density at radius 1 is 1.35 bits per heavy atom. The molecule has 0 fully saturated rings. The van der Waals surface area contributed by atoms with Crippen LogP contribution in [0.3, 0.4) is 0 Å². The van der Waals surface area contributed by atoms with Crippen molar-refractivity contribution in [1.29, 1.82) is 0 Å². The van der Waals surface area contributed by atoms with Gasteiger partial charge in [-0.1, -0.05) is 17.7 Å². The van der Waals surface area contributed by atoms with Crippen LogP contribution in [0.1, 0.15) is 10.5 Å². The molecule has 3 aromatic rings. The van der Waals surface area contributed by atoms with Crippen LogP contribution < -0.4 is 5.73 Å². The lowest BCUT2D eigenvalue weighted by Gasteiger charge is -2.01. The number of aromatic nitrogens is 3. The molecule has 0 atom stereocenters. The summed E-state index contributed by atoms with van der Waals surface area (Å²) >= 11 is 5.99. The Labute approximate surface area is 117 Å². The highest BCUT2D eigenvalue weighted by atomic mass is 35.5. The van der Waals surface area contributed by atoms with Crippen LogP contribution in [-0.2, 0) is 0 Å². The number of H-pyrrole nitrogens is 1. The highest BCUT2D eigenvalue weighted by Gasteiger charge is 2.17. The molecule has 3 rings (SSSR count). The average molecular weight is 291 g/mol. The molecule has 0 bridgehead atoms. The summed E-state index contributed by atoms with van der Waals surface area (Å²) in [6.45, 7) is 0. The van der Waals surface area contributed by atoms with Crippen molar-refractivity contribution in [3.8, 4) is 11.4 Å². The van der Waals surface area contributed by atoms with Gasteiger partial charge in [-0.05, 0) is 18.2 Å². The first kappa shape index (κ1) is 12.6. The third kappa shape index (κ3) is 1.90.